The molecule has 1 fully saturated rings. The molecule has 2 heterocycles. The Bertz CT molecular complexity index is 731. The first-order chi connectivity index (χ1) is 12.9. The lowest BCUT2D eigenvalue weighted by Gasteiger charge is -2.36. The Morgan fingerprint density at radius 3 is 2.30 bits per heavy atom. The molecule has 3 rings (SSSR count). The molecular formula is C21H29N5O. The minimum absolute atomic E-state index is 0.0300. The lowest BCUT2D eigenvalue weighted by atomic mass is 9.91. The number of hydrogen-bond acceptors (Lipinski definition) is 5. The second-order valence-corrected chi connectivity index (χ2v) is 8.22. The summed E-state index contributed by atoms with van der Waals surface area (Å²) in [6.45, 7) is 10.1. The molecule has 0 atom stereocenters. The van der Waals surface area contributed by atoms with E-state index < -0.39 is 0 Å². The molecule has 0 bridgehead atoms. The largest absolute Gasteiger partial charge is 0.365 e. The van der Waals surface area contributed by atoms with Gasteiger partial charge in [0.05, 0.1) is 0 Å². The van der Waals surface area contributed by atoms with Crippen LogP contribution in [-0.2, 0) is 11.3 Å². The zero-order valence-corrected chi connectivity index (χ0v) is 16.5. The molecule has 0 spiro atoms. The van der Waals surface area contributed by atoms with Crippen molar-refractivity contribution >= 4 is 17.5 Å². The number of benzene rings is 1. The van der Waals surface area contributed by atoms with E-state index in [4.69, 9.17) is 0 Å². The number of nitrogens with zero attached hydrogens (tertiary/aromatic N) is 4. The Hall–Kier alpha value is -2.63. The van der Waals surface area contributed by atoms with Crippen molar-refractivity contribution in [2.75, 3.05) is 36.4 Å². The van der Waals surface area contributed by atoms with E-state index in [-0.39, 0.29) is 11.3 Å². The van der Waals surface area contributed by atoms with Gasteiger partial charge in [-0.1, -0.05) is 51.1 Å². The number of rotatable bonds is 5. The Morgan fingerprint density at radius 1 is 1.00 bits per heavy atom. The zero-order chi connectivity index (χ0) is 19.3. The zero-order valence-electron chi connectivity index (χ0n) is 16.5. The highest BCUT2D eigenvalue weighted by Gasteiger charge is 2.25. The summed E-state index contributed by atoms with van der Waals surface area (Å²) in [5.41, 5.74) is 1.24. The minimum atomic E-state index is 0.0300. The van der Waals surface area contributed by atoms with Gasteiger partial charge in [-0.05, 0) is 23.1 Å². The molecule has 0 unspecified atom stereocenters. The third kappa shape index (κ3) is 5.67. The van der Waals surface area contributed by atoms with Crippen molar-refractivity contribution in [1.29, 1.82) is 0 Å². The van der Waals surface area contributed by atoms with E-state index in [9.17, 15) is 4.79 Å². The van der Waals surface area contributed by atoms with Crippen LogP contribution in [0.1, 0.15) is 32.8 Å². The van der Waals surface area contributed by atoms with Crippen LogP contribution >= 0.6 is 0 Å². The molecule has 1 aromatic carbocycles. The summed E-state index contributed by atoms with van der Waals surface area (Å²) in [4.78, 5) is 16.5. The third-order valence-corrected chi connectivity index (χ3v) is 4.60. The molecule has 1 amide bonds. The van der Waals surface area contributed by atoms with Gasteiger partial charge in [0.1, 0.15) is 5.82 Å². The second-order valence-electron chi connectivity index (χ2n) is 8.22. The smallest absolute Gasteiger partial charge is 0.223 e. The van der Waals surface area contributed by atoms with Crippen molar-refractivity contribution in [3.05, 3.63) is 48.0 Å². The van der Waals surface area contributed by atoms with Gasteiger partial charge < -0.3 is 15.1 Å². The average molecular weight is 367 g/mol. The van der Waals surface area contributed by atoms with Crippen molar-refractivity contribution in [1.82, 2.24) is 15.1 Å². The summed E-state index contributed by atoms with van der Waals surface area (Å²) in [6.07, 6.45) is 0.592. The lowest BCUT2D eigenvalue weighted by molar-refractivity contribution is -0.133. The minimum Gasteiger partial charge on any atom is -0.365 e. The number of anilines is 2. The maximum Gasteiger partial charge on any atom is 0.223 e. The summed E-state index contributed by atoms with van der Waals surface area (Å²) in [6, 6.07) is 14.2. The molecule has 2 aromatic rings. The quantitative estimate of drug-likeness (QED) is 0.879. The Kier molecular flexibility index (Phi) is 5.94. The van der Waals surface area contributed by atoms with Crippen molar-refractivity contribution in [2.45, 2.75) is 33.7 Å². The van der Waals surface area contributed by atoms with Crippen molar-refractivity contribution < 1.29 is 4.79 Å². The topological polar surface area (TPSA) is 61.4 Å². The average Bonchev–Trinajstić information content (AvgIpc) is 2.66. The highest BCUT2D eigenvalue weighted by molar-refractivity contribution is 5.77. The molecule has 0 saturated carbocycles. The van der Waals surface area contributed by atoms with Crippen LogP contribution in [0, 0.1) is 5.41 Å². The van der Waals surface area contributed by atoms with Gasteiger partial charge in [-0.3, -0.25) is 4.79 Å². The summed E-state index contributed by atoms with van der Waals surface area (Å²) in [5.74, 6) is 1.87. The molecule has 6 nitrogen and oxygen atoms in total. The SMILES string of the molecule is CC(C)(C)CC(=O)N1CCN(c2ccc(NCc3ccccc3)nn2)CC1. The van der Waals surface area contributed by atoms with Gasteiger partial charge in [0.25, 0.3) is 0 Å². The number of carbonyl (C=O) groups is 1. The molecule has 1 saturated heterocycles. The summed E-state index contributed by atoms with van der Waals surface area (Å²) < 4.78 is 0. The maximum absolute atomic E-state index is 12.4. The molecule has 27 heavy (non-hydrogen) atoms. The van der Waals surface area contributed by atoms with Crippen LogP contribution in [0.25, 0.3) is 0 Å². The van der Waals surface area contributed by atoms with E-state index in [1.165, 1.54) is 5.56 Å². The number of nitrogens with one attached hydrogen (secondary N) is 1. The van der Waals surface area contributed by atoms with Crippen LogP contribution in [0.3, 0.4) is 0 Å². The van der Waals surface area contributed by atoms with E-state index in [1.54, 1.807) is 0 Å². The van der Waals surface area contributed by atoms with Gasteiger partial charge in [-0.25, -0.2) is 0 Å². The molecule has 1 aliphatic rings. The Labute approximate surface area is 161 Å². The van der Waals surface area contributed by atoms with E-state index in [0.29, 0.717) is 6.42 Å². The van der Waals surface area contributed by atoms with Gasteiger partial charge in [0, 0.05) is 39.1 Å². The van der Waals surface area contributed by atoms with Crippen molar-refractivity contribution in [2.24, 2.45) is 5.41 Å². The predicted octanol–water partition coefficient (Wildman–Crippen LogP) is 3.17. The van der Waals surface area contributed by atoms with Gasteiger partial charge in [0.2, 0.25) is 5.91 Å². The number of hydrogen-bond donors (Lipinski definition) is 1. The predicted molar refractivity (Wildman–Crippen MR) is 109 cm³/mol. The highest BCUT2D eigenvalue weighted by Crippen LogP contribution is 2.21. The molecule has 0 radical (unpaired) electrons. The maximum atomic E-state index is 12.4. The molecule has 1 aliphatic heterocycles. The first-order valence-corrected chi connectivity index (χ1v) is 9.55. The van der Waals surface area contributed by atoms with Crippen molar-refractivity contribution in [3.63, 3.8) is 0 Å². The molecular weight excluding hydrogens is 338 g/mol. The molecule has 1 aromatic heterocycles. The van der Waals surface area contributed by atoms with Gasteiger partial charge >= 0.3 is 0 Å². The van der Waals surface area contributed by atoms with Crippen LogP contribution < -0.4 is 10.2 Å². The summed E-state index contributed by atoms with van der Waals surface area (Å²) in [7, 11) is 0. The fourth-order valence-corrected chi connectivity index (χ4v) is 3.13. The molecule has 0 aliphatic carbocycles. The highest BCUT2D eigenvalue weighted by atomic mass is 16.2. The molecule has 1 N–H and O–H groups in total. The molecule has 144 valence electrons. The fraction of sp³-hybridized carbons (Fsp3) is 0.476. The van der Waals surface area contributed by atoms with Crippen LogP contribution in [0.5, 0.6) is 0 Å². The summed E-state index contributed by atoms with van der Waals surface area (Å²) >= 11 is 0. The number of aromatic nitrogens is 2. The summed E-state index contributed by atoms with van der Waals surface area (Å²) in [5, 5.41) is 11.9. The van der Waals surface area contributed by atoms with E-state index in [2.05, 4.69) is 53.3 Å². The van der Waals surface area contributed by atoms with Crippen LogP contribution in [-0.4, -0.2) is 47.2 Å². The Balaban J connectivity index is 1.49. The normalized spacial score (nSPS) is 14.9. The first kappa shape index (κ1) is 19.1. The Morgan fingerprint density at radius 2 is 1.70 bits per heavy atom. The number of piperazine rings is 1. The van der Waals surface area contributed by atoms with Gasteiger partial charge in [-0.2, -0.15) is 0 Å². The standard InChI is InChI=1S/C21H29N5O/c1-21(2,3)15-20(27)26-13-11-25(12-14-26)19-10-9-18(23-24-19)22-16-17-7-5-4-6-8-17/h4-10H,11-16H2,1-3H3,(H,22,23). The van der Waals surface area contributed by atoms with Crippen LogP contribution in [0.4, 0.5) is 11.6 Å². The first-order valence-electron chi connectivity index (χ1n) is 9.55. The third-order valence-electron chi connectivity index (χ3n) is 4.60. The van der Waals surface area contributed by atoms with Gasteiger partial charge in [0.15, 0.2) is 5.82 Å². The second kappa shape index (κ2) is 8.37. The van der Waals surface area contributed by atoms with E-state index in [1.807, 2.05) is 35.2 Å². The number of amides is 1. The van der Waals surface area contributed by atoms with Crippen LogP contribution in [0.2, 0.25) is 0 Å². The fourth-order valence-electron chi connectivity index (χ4n) is 3.13. The van der Waals surface area contributed by atoms with Crippen molar-refractivity contribution in [3.8, 4) is 0 Å². The van der Waals surface area contributed by atoms with Gasteiger partial charge in [-0.15, -0.1) is 10.2 Å². The van der Waals surface area contributed by atoms with Crippen LogP contribution in [0.15, 0.2) is 42.5 Å². The van der Waals surface area contributed by atoms with E-state index in [0.717, 1.165) is 44.4 Å². The monoisotopic (exact) mass is 367 g/mol. The van der Waals surface area contributed by atoms with E-state index >= 15 is 0 Å². The lowest BCUT2D eigenvalue weighted by Crippen LogP contribution is -2.49. The number of carbonyl (C=O) groups excluding carboxylic acids is 1. The molecule has 6 heteroatoms.